The van der Waals surface area contributed by atoms with E-state index in [1.807, 2.05) is 18.2 Å². The van der Waals surface area contributed by atoms with Crippen molar-refractivity contribution in [2.75, 3.05) is 18.9 Å². The number of nitrogens with one attached hydrogen (secondary N) is 2. The minimum Gasteiger partial charge on any atom is -0.490 e. The zero-order valence-electron chi connectivity index (χ0n) is 24.3. The van der Waals surface area contributed by atoms with Crippen molar-refractivity contribution in [3.8, 4) is 5.75 Å². The van der Waals surface area contributed by atoms with E-state index in [1.54, 1.807) is 0 Å². The van der Waals surface area contributed by atoms with Crippen molar-refractivity contribution < 1.29 is 23.9 Å². The maximum Gasteiger partial charge on any atom is 0.305 e. The van der Waals surface area contributed by atoms with Gasteiger partial charge in [-0.3, -0.25) is 14.4 Å². The Kier molecular flexibility index (Phi) is 21.0. The van der Waals surface area contributed by atoms with Crippen molar-refractivity contribution in [1.82, 2.24) is 10.6 Å². The molecule has 0 aliphatic carbocycles. The van der Waals surface area contributed by atoms with Crippen molar-refractivity contribution in [3.63, 3.8) is 0 Å². The molecule has 226 valence electrons. The van der Waals surface area contributed by atoms with E-state index < -0.39 is 0 Å². The van der Waals surface area contributed by atoms with Crippen LogP contribution in [0, 0.1) is 0 Å². The minimum atomic E-state index is -0.250. The highest BCUT2D eigenvalue weighted by atomic mass is 35.5. The summed E-state index contributed by atoms with van der Waals surface area (Å²) in [6.07, 6.45) is 18.5. The maximum absolute atomic E-state index is 11.7. The smallest absolute Gasteiger partial charge is 0.305 e. The normalized spacial score (nSPS) is 11.8. The largest absolute Gasteiger partial charge is 0.490 e. The molecule has 1 aromatic carbocycles. The summed E-state index contributed by atoms with van der Waals surface area (Å²) < 4.78 is 11.0. The van der Waals surface area contributed by atoms with E-state index >= 15 is 0 Å². The number of alkyl halides is 2. The number of carbonyl (C=O) groups is 3. The molecule has 0 heterocycles. The zero-order chi connectivity index (χ0) is 29.4. The second kappa shape index (κ2) is 23.5. The number of benzene rings is 1. The standard InChI is InChI=1S/C31H48Cl2N2O5/c1-25(17-14-12-10-8-6-4-3-5-7-9-11-13-15-20-30(38)39-2)40-31-26(23-34-28(36)21-32)18-16-19-27(31)24-35-29(37)22-33/h3-4,16,18-19,25H,5-15,17,20-24H2,1-2H3,(H,34,36)(H,35,37)/b4-3-. The summed E-state index contributed by atoms with van der Waals surface area (Å²) in [5, 5.41) is 5.58. The number of para-hydroxylation sites is 1. The van der Waals surface area contributed by atoms with Crippen LogP contribution in [-0.2, 0) is 32.2 Å². The number of hydrogen-bond donors (Lipinski definition) is 2. The molecule has 0 aromatic heterocycles. The molecule has 1 atom stereocenters. The van der Waals surface area contributed by atoms with Crippen LogP contribution in [-0.4, -0.2) is 42.8 Å². The van der Waals surface area contributed by atoms with Gasteiger partial charge in [0.2, 0.25) is 11.8 Å². The van der Waals surface area contributed by atoms with E-state index in [0.29, 0.717) is 25.3 Å². The molecule has 0 radical (unpaired) electrons. The van der Waals surface area contributed by atoms with Crippen molar-refractivity contribution in [2.24, 2.45) is 0 Å². The summed E-state index contributed by atoms with van der Waals surface area (Å²) >= 11 is 11.2. The van der Waals surface area contributed by atoms with Crippen LogP contribution in [0.2, 0.25) is 0 Å². The predicted molar refractivity (Wildman–Crippen MR) is 163 cm³/mol. The van der Waals surface area contributed by atoms with E-state index in [0.717, 1.165) is 56.1 Å². The van der Waals surface area contributed by atoms with Crippen molar-refractivity contribution >= 4 is 41.0 Å². The number of carbonyl (C=O) groups excluding carboxylic acids is 3. The molecular formula is C31H48Cl2N2O5. The number of amides is 2. The minimum absolute atomic E-state index is 0.00674. The molecule has 0 spiro atoms. The fourth-order valence-corrected chi connectivity index (χ4v) is 4.45. The first-order valence-corrected chi connectivity index (χ1v) is 15.6. The summed E-state index contributed by atoms with van der Waals surface area (Å²) in [6, 6.07) is 5.70. The molecule has 0 fully saturated rings. The van der Waals surface area contributed by atoms with Crippen molar-refractivity contribution in [1.29, 1.82) is 0 Å². The predicted octanol–water partition coefficient (Wildman–Crippen LogP) is 6.96. The first-order valence-electron chi connectivity index (χ1n) is 14.6. The quantitative estimate of drug-likeness (QED) is 0.0614. The Hall–Kier alpha value is -2.25. The number of hydrogen-bond acceptors (Lipinski definition) is 5. The molecule has 0 aliphatic heterocycles. The number of esters is 1. The highest BCUT2D eigenvalue weighted by Gasteiger charge is 2.15. The van der Waals surface area contributed by atoms with Crippen LogP contribution in [0.5, 0.6) is 5.75 Å². The van der Waals surface area contributed by atoms with Crippen LogP contribution in [0.15, 0.2) is 30.4 Å². The SMILES string of the molecule is COC(=O)CCCCCCC/C=C\CCCCCCC(C)Oc1c(CNC(=O)CCl)cccc1CNC(=O)CCl. The number of methoxy groups -OCH3 is 1. The lowest BCUT2D eigenvalue weighted by Gasteiger charge is -2.21. The highest BCUT2D eigenvalue weighted by Crippen LogP contribution is 2.27. The third kappa shape index (κ3) is 17.4. The molecule has 7 nitrogen and oxygen atoms in total. The third-order valence-electron chi connectivity index (χ3n) is 6.57. The fraction of sp³-hybridized carbons (Fsp3) is 0.645. The Bertz CT molecular complexity index is 856. The molecule has 9 heteroatoms. The van der Waals surface area contributed by atoms with Gasteiger partial charge < -0.3 is 20.1 Å². The van der Waals surface area contributed by atoms with Gasteiger partial charge >= 0.3 is 5.97 Å². The van der Waals surface area contributed by atoms with E-state index in [-0.39, 0.29) is 35.6 Å². The number of allylic oxidation sites excluding steroid dienone is 2. The van der Waals surface area contributed by atoms with Crippen LogP contribution < -0.4 is 15.4 Å². The zero-order valence-corrected chi connectivity index (χ0v) is 25.8. The summed E-state index contributed by atoms with van der Waals surface area (Å²) in [6.45, 7) is 2.65. The van der Waals surface area contributed by atoms with E-state index in [2.05, 4.69) is 34.4 Å². The Morgan fingerprint density at radius 3 is 1.82 bits per heavy atom. The molecule has 1 aromatic rings. The van der Waals surface area contributed by atoms with Gasteiger partial charge in [0.25, 0.3) is 0 Å². The van der Waals surface area contributed by atoms with Gasteiger partial charge in [0.05, 0.1) is 13.2 Å². The fourth-order valence-electron chi connectivity index (χ4n) is 4.26. The molecule has 0 saturated heterocycles. The highest BCUT2D eigenvalue weighted by molar-refractivity contribution is 6.27. The van der Waals surface area contributed by atoms with E-state index in [9.17, 15) is 14.4 Å². The topological polar surface area (TPSA) is 93.7 Å². The Morgan fingerprint density at radius 1 is 0.800 bits per heavy atom. The van der Waals surface area contributed by atoms with Gasteiger partial charge in [-0.15, -0.1) is 23.2 Å². The summed E-state index contributed by atoms with van der Waals surface area (Å²) in [7, 11) is 1.44. The molecule has 1 rings (SSSR count). The Balaban J connectivity index is 2.30. The lowest BCUT2D eigenvalue weighted by molar-refractivity contribution is -0.140. The van der Waals surface area contributed by atoms with Crippen LogP contribution in [0.1, 0.15) is 102 Å². The maximum atomic E-state index is 11.7. The van der Waals surface area contributed by atoms with Gasteiger partial charge in [0.1, 0.15) is 17.5 Å². The van der Waals surface area contributed by atoms with Crippen LogP contribution in [0.3, 0.4) is 0 Å². The lowest BCUT2D eigenvalue weighted by atomic mass is 10.1. The Morgan fingerprint density at radius 2 is 1.30 bits per heavy atom. The molecule has 40 heavy (non-hydrogen) atoms. The molecule has 0 saturated carbocycles. The number of halogens is 2. The second-order valence-corrected chi connectivity index (χ2v) is 10.5. The molecule has 1 unspecified atom stereocenters. The van der Waals surface area contributed by atoms with Gasteiger partial charge in [-0.1, -0.05) is 62.5 Å². The van der Waals surface area contributed by atoms with Crippen molar-refractivity contribution in [3.05, 3.63) is 41.5 Å². The molecule has 2 N–H and O–H groups in total. The van der Waals surface area contributed by atoms with Crippen molar-refractivity contribution in [2.45, 2.75) is 110 Å². The number of unbranched alkanes of at least 4 members (excludes halogenated alkanes) is 9. The number of ether oxygens (including phenoxy) is 2. The van der Waals surface area contributed by atoms with Gasteiger partial charge in [0, 0.05) is 30.6 Å². The molecular weight excluding hydrogens is 551 g/mol. The molecule has 2 amide bonds. The van der Waals surface area contributed by atoms with Gasteiger partial charge in [0.15, 0.2) is 0 Å². The summed E-state index contributed by atoms with van der Waals surface area (Å²) in [5.41, 5.74) is 1.68. The first kappa shape index (κ1) is 35.8. The third-order valence-corrected chi connectivity index (χ3v) is 7.05. The molecule has 0 aliphatic rings. The average molecular weight is 600 g/mol. The van der Waals surface area contributed by atoms with Crippen LogP contribution in [0.4, 0.5) is 0 Å². The molecule has 0 bridgehead atoms. The van der Waals surface area contributed by atoms with Gasteiger partial charge in [-0.2, -0.15) is 0 Å². The Labute approximate surface area is 250 Å². The first-order chi connectivity index (χ1) is 19.4. The lowest BCUT2D eigenvalue weighted by Crippen LogP contribution is -2.26. The van der Waals surface area contributed by atoms with Crippen LogP contribution in [0.25, 0.3) is 0 Å². The second-order valence-electron chi connectivity index (χ2n) is 10.0. The summed E-state index contributed by atoms with van der Waals surface area (Å²) in [4.78, 5) is 34.4. The monoisotopic (exact) mass is 598 g/mol. The average Bonchev–Trinajstić information content (AvgIpc) is 2.96. The summed E-state index contributed by atoms with van der Waals surface area (Å²) in [5.74, 6) is -0.130. The number of rotatable bonds is 23. The van der Waals surface area contributed by atoms with Gasteiger partial charge in [-0.05, 0) is 51.9 Å². The van der Waals surface area contributed by atoms with E-state index in [4.69, 9.17) is 27.9 Å². The van der Waals surface area contributed by atoms with Crippen LogP contribution >= 0.6 is 23.2 Å². The van der Waals surface area contributed by atoms with E-state index in [1.165, 1.54) is 39.2 Å². The van der Waals surface area contributed by atoms with Gasteiger partial charge in [-0.25, -0.2) is 0 Å².